The molecule has 0 unspecified atom stereocenters. The molecule has 0 heterocycles. The van der Waals surface area contributed by atoms with E-state index in [0.29, 0.717) is 25.1 Å². The van der Waals surface area contributed by atoms with Crippen LogP contribution >= 0.6 is 0 Å². The summed E-state index contributed by atoms with van der Waals surface area (Å²) in [7, 11) is -0.517. The van der Waals surface area contributed by atoms with E-state index in [2.05, 4.69) is 5.32 Å². The fourth-order valence-electron chi connectivity index (χ4n) is 2.40. The van der Waals surface area contributed by atoms with Gasteiger partial charge in [-0.3, -0.25) is 4.79 Å². The number of nitrogens with one attached hydrogen (secondary N) is 1. The number of anilines is 1. The first-order valence-electron chi connectivity index (χ1n) is 8.37. The van der Waals surface area contributed by atoms with Crippen LogP contribution in [-0.2, 0) is 21.2 Å². The predicted molar refractivity (Wildman–Crippen MR) is 102 cm³/mol. The lowest BCUT2D eigenvalue weighted by Crippen LogP contribution is -2.22. The summed E-state index contributed by atoms with van der Waals surface area (Å²) in [5.41, 5.74) is 1.54. The fourth-order valence-corrected chi connectivity index (χ4v) is 3.30. The molecule has 0 saturated heterocycles. The normalized spacial score (nSPS) is 11.4. The van der Waals surface area contributed by atoms with Crippen molar-refractivity contribution in [1.82, 2.24) is 4.31 Å². The molecule has 0 aliphatic rings. The number of aryl methyl sites for hydroxylation is 1. The zero-order chi connectivity index (χ0) is 19.2. The number of hydrogen-bond acceptors (Lipinski definition) is 4. The van der Waals surface area contributed by atoms with Crippen molar-refractivity contribution in [2.45, 2.75) is 24.7 Å². The monoisotopic (exact) mass is 376 g/mol. The van der Waals surface area contributed by atoms with Crippen molar-refractivity contribution >= 4 is 21.6 Å². The molecular formula is C19H24N2O4S. The maximum absolute atomic E-state index is 12.2. The molecule has 0 aromatic heterocycles. The SMILES string of the molecule is CCOc1ccccc1CCC(=O)Nc1ccc(S(=O)(=O)N(C)C)cc1. The first-order valence-corrected chi connectivity index (χ1v) is 9.81. The summed E-state index contributed by atoms with van der Waals surface area (Å²) in [6, 6.07) is 13.8. The average Bonchev–Trinajstić information content (AvgIpc) is 2.61. The van der Waals surface area contributed by atoms with Crippen LogP contribution in [0.5, 0.6) is 5.75 Å². The highest BCUT2D eigenvalue weighted by Crippen LogP contribution is 2.20. The lowest BCUT2D eigenvalue weighted by molar-refractivity contribution is -0.116. The Labute approximate surface area is 154 Å². The van der Waals surface area contributed by atoms with E-state index in [1.807, 2.05) is 31.2 Å². The van der Waals surface area contributed by atoms with Gasteiger partial charge in [0.2, 0.25) is 15.9 Å². The van der Waals surface area contributed by atoms with Crippen molar-refractivity contribution in [1.29, 1.82) is 0 Å². The Morgan fingerprint density at radius 2 is 1.73 bits per heavy atom. The molecule has 2 aromatic rings. The Morgan fingerprint density at radius 1 is 1.08 bits per heavy atom. The number of amides is 1. The van der Waals surface area contributed by atoms with Crippen molar-refractivity contribution < 1.29 is 17.9 Å². The number of rotatable bonds is 8. The van der Waals surface area contributed by atoms with Gasteiger partial charge in [0.05, 0.1) is 11.5 Å². The van der Waals surface area contributed by atoms with E-state index in [4.69, 9.17) is 4.74 Å². The molecule has 0 radical (unpaired) electrons. The van der Waals surface area contributed by atoms with E-state index in [-0.39, 0.29) is 10.8 Å². The van der Waals surface area contributed by atoms with Crippen molar-refractivity contribution in [3.05, 3.63) is 54.1 Å². The second-order valence-electron chi connectivity index (χ2n) is 5.90. The molecular weight excluding hydrogens is 352 g/mol. The Bertz CT molecular complexity index is 846. The van der Waals surface area contributed by atoms with Gasteiger partial charge in [-0.15, -0.1) is 0 Å². The quantitative estimate of drug-likeness (QED) is 0.769. The van der Waals surface area contributed by atoms with Crippen LogP contribution in [-0.4, -0.2) is 39.3 Å². The number of benzene rings is 2. The molecule has 0 atom stereocenters. The number of nitrogens with zero attached hydrogens (tertiary/aromatic N) is 1. The Hall–Kier alpha value is -2.38. The van der Waals surface area contributed by atoms with E-state index >= 15 is 0 Å². The number of para-hydroxylation sites is 1. The number of carbonyl (C=O) groups excluding carboxylic acids is 1. The predicted octanol–water partition coefficient (Wildman–Crippen LogP) is 2.91. The lowest BCUT2D eigenvalue weighted by atomic mass is 10.1. The average molecular weight is 376 g/mol. The highest BCUT2D eigenvalue weighted by molar-refractivity contribution is 7.89. The van der Waals surface area contributed by atoms with Gasteiger partial charge in [-0.2, -0.15) is 0 Å². The van der Waals surface area contributed by atoms with Crippen LogP contribution in [0.15, 0.2) is 53.4 Å². The minimum absolute atomic E-state index is 0.139. The van der Waals surface area contributed by atoms with Gasteiger partial charge >= 0.3 is 0 Å². The molecule has 0 spiro atoms. The molecule has 0 fully saturated rings. The third-order valence-electron chi connectivity index (χ3n) is 3.81. The molecule has 0 aliphatic heterocycles. The lowest BCUT2D eigenvalue weighted by Gasteiger charge is -2.12. The summed E-state index contributed by atoms with van der Waals surface area (Å²) in [4.78, 5) is 12.4. The molecule has 1 N–H and O–H groups in total. The van der Waals surface area contributed by atoms with Crippen molar-refractivity contribution in [2.75, 3.05) is 26.0 Å². The summed E-state index contributed by atoms with van der Waals surface area (Å²) < 4.78 is 30.8. The molecule has 0 aliphatic carbocycles. The summed E-state index contributed by atoms with van der Waals surface area (Å²) >= 11 is 0. The number of carbonyl (C=O) groups is 1. The molecule has 2 rings (SSSR count). The zero-order valence-corrected chi connectivity index (χ0v) is 16.0. The maximum atomic E-state index is 12.2. The minimum Gasteiger partial charge on any atom is -0.494 e. The van der Waals surface area contributed by atoms with Gasteiger partial charge in [-0.1, -0.05) is 18.2 Å². The van der Waals surface area contributed by atoms with Crippen molar-refractivity contribution in [2.24, 2.45) is 0 Å². The summed E-state index contributed by atoms with van der Waals surface area (Å²) in [6.45, 7) is 2.50. The molecule has 1 amide bonds. The molecule has 26 heavy (non-hydrogen) atoms. The first-order chi connectivity index (χ1) is 12.3. The van der Waals surface area contributed by atoms with Crippen molar-refractivity contribution in [3.8, 4) is 5.75 Å². The standard InChI is InChI=1S/C19H24N2O4S/c1-4-25-18-8-6-5-7-15(18)9-14-19(22)20-16-10-12-17(13-11-16)26(23,24)21(2)3/h5-8,10-13H,4,9,14H2,1-3H3,(H,20,22). The Kier molecular flexibility index (Phi) is 6.76. The number of ether oxygens (including phenoxy) is 1. The summed E-state index contributed by atoms with van der Waals surface area (Å²) in [5.74, 6) is 0.653. The van der Waals surface area contributed by atoms with Gasteiger partial charge in [0.1, 0.15) is 5.75 Å². The van der Waals surface area contributed by atoms with Crippen LogP contribution in [0, 0.1) is 0 Å². The third kappa shape index (κ3) is 5.06. The number of sulfonamides is 1. The Morgan fingerprint density at radius 3 is 2.35 bits per heavy atom. The highest BCUT2D eigenvalue weighted by atomic mass is 32.2. The third-order valence-corrected chi connectivity index (χ3v) is 5.64. The van der Waals surface area contributed by atoms with Gasteiger partial charge in [-0.25, -0.2) is 12.7 Å². The molecule has 7 heteroatoms. The number of hydrogen-bond donors (Lipinski definition) is 1. The van der Waals surface area contributed by atoms with Crippen LogP contribution in [0.25, 0.3) is 0 Å². The van der Waals surface area contributed by atoms with Crippen LogP contribution in [0.3, 0.4) is 0 Å². The van der Waals surface area contributed by atoms with E-state index in [1.165, 1.54) is 26.2 Å². The minimum atomic E-state index is -3.47. The van der Waals surface area contributed by atoms with Crippen LogP contribution in [0.4, 0.5) is 5.69 Å². The topological polar surface area (TPSA) is 75.7 Å². The second kappa shape index (κ2) is 8.82. The molecule has 2 aromatic carbocycles. The van der Waals surface area contributed by atoms with E-state index in [1.54, 1.807) is 12.1 Å². The molecule has 6 nitrogen and oxygen atoms in total. The molecule has 0 bridgehead atoms. The fraction of sp³-hybridized carbons (Fsp3) is 0.316. The smallest absolute Gasteiger partial charge is 0.242 e. The summed E-state index contributed by atoms with van der Waals surface area (Å²) in [5, 5.41) is 2.78. The molecule has 140 valence electrons. The Balaban J connectivity index is 1.96. The van der Waals surface area contributed by atoms with Gasteiger partial charge < -0.3 is 10.1 Å². The second-order valence-corrected chi connectivity index (χ2v) is 8.05. The largest absolute Gasteiger partial charge is 0.494 e. The van der Waals surface area contributed by atoms with E-state index in [0.717, 1.165) is 15.6 Å². The van der Waals surface area contributed by atoms with Crippen LogP contribution in [0.2, 0.25) is 0 Å². The van der Waals surface area contributed by atoms with Gasteiger partial charge in [0, 0.05) is 26.2 Å². The van der Waals surface area contributed by atoms with Crippen LogP contribution in [0.1, 0.15) is 18.9 Å². The zero-order valence-electron chi connectivity index (χ0n) is 15.2. The first kappa shape index (κ1) is 19.9. The summed E-state index contributed by atoms with van der Waals surface area (Å²) in [6.07, 6.45) is 0.872. The van der Waals surface area contributed by atoms with Gasteiger partial charge in [0.25, 0.3) is 0 Å². The van der Waals surface area contributed by atoms with E-state index in [9.17, 15) is 13.2 Å². The van der Waals surface area contributed by atoms with Crippen molar-refractivity contribution in [3.63, 3.8) is 0 Å². The molecule has 0 saturated carbocycles. The maximum Gasteiger partial charge on any atom is 0.242 e. The van der Waals surface area contributed by atoms with Gasteiger partial charge in [0.15, 0.2) is 0 Å². The van der Waals surface area contributed by atoms with Crippen LogP contribution < -0.4 is 10.1 Å². The van der Waals surface area contributed by atoms with Gasteiger partial charge in [-0.05, 0) is 49.2 Å². The van der Waals surface area contributed by atoms with E-state index < -0.39 is 10.0 Å². The highest BCUT2D eigenvalue weighted by Gasteiger charge is 2.16.